The van der Waals surface area contributed by atoms with E-state index in [4.69, 9.17) is 5.73 Å². The minimum absolute atomic E-state index is 0.0281. The van der Waals surface area contributed by atoms with Gasteiger partial charge in [0.1, 0.15) is 5.82 Å². The molecule has 2 rings (SSSR count). The lowest BCUT2D eigenvalue weighted by molar-refractivity contribution is 0.554. The lowest BCUT2D eigenvalue weighted by Crippen LogP contribution is -2.14. The molecule has 0 fully saturated rings. The average molecular weight is 231 g/mol. The van der Waals surface area contributed by atoms with Crippen LogP contribution >= 0.6 is 0 Å². The SMILES string of the molecule is Cn1cc(-c2cnc(N)cn2)c(C(C)(C)C)n1. The molecule has 0 spiro atoms. The third-order valence-corrected chi connectivity index (χ3v) is 2.49. The predicted molar refractivity (Wildman–Crippen MR) is 67.3 cm³/mol. The Labute approximate surface area is 101 Å². The molecule has 2 heterocycles. The maximum absolute atomic E-state index is 5.54. The lowest BCUT2D eigenvalue weighted by Gasteiger charge is -2.17. The quantitative estimate of drug-likeness (QED) is 0.811. The van der Waals surface area contributed by atoms with Gasteiger partial charge < -0.3 is 5.73 Å². The second-order valence-corrected chi connectivity index (χ2v) is 5.14. The molecule has 5 nitrogen and oxygen atoms in total. The molecule has 90 valence electrons. The van der Waals surface area contributed by atoms with E-state index >= 15 is 0 Å². The van der Waals surface area contributed by atoms with Crippen molar-refractivity contribution in [1.82, 2.24) is 19.7 Å². The minimum Gasteiger partial charge on any atom is -0.382 e. The number of rotatable bonds is 1. The second-order valence-electron chi connectivity index (χ2n) is 5.14. The van der Waals surface area contributed by atoms with Gasteiger partial charge in [-0.05, 0) is 0 Å². The standard InChI is InChI=1S/C12H17N5/c1-12(2,3)11-8(7-17(4)16-11)9-5-15-10(13)6-14-9/h5-7H,1-4H3,(H2,13,15). The highest BCUT2D eigenvalue weighted by atomic mass is 15.3. The smallest absolute Gasteiger partial charge is 0.141 e. The summed E-state index contributed by atoms with van der Waals surface area (Å²) in [5, 5.41) is 4.50. The van der Waals surface area contributed by atoms with Gasteiger partial charge in [0, 0.05) is 24.2 Å². The molecule has 0 aliphatic heterocycles. The molecule has 0 aromatic carbocycles. The Morgan fingerprint density at radius 2 is 1.88 bits per heavy atom. The molecule has 0 aliphatic rings. The third-order valence-electron chi connectivity index (χ3n) is 2.49. The Bertz CT molecular complexity index is 519. The van der Waals surface area contributed by atoms with E-state index in [-0.39, 0.29) is 5.41 Å². The summed E-state index contributed by atoms with van der Waals surface area (Å²) in [6, 6.07) is 0. The molecule has 2 aromatic heterocycles. The predicted octanol–water partition coefficient (Wildman–Crippen LogP) is 1.76. The number of aromatic nitrogens is 4. The van der Waals surface area contributed by atoms with Crippen molar-refractivity contribution in [2.75, 3.05) is 5.73 Å². The van der Waals surface area contributed by atoms with Gasteiger partial charge >= 0.3 is 0 Å². The van der Waals surface area contributed by atoms with Crippen molar-refractivity contribution >= 4 is 5.82 Å². The largest absolute Gasteiger partial charge is 0.382 e. The van der Waals surface area contributed by atoms with Gasteiger partial charge in [-0.1, -0.05) is 20.8 Å². The molecule has 0 radical (unpaired) electrons. The summed E-state index contributed by atoms with van der Waals surface area (Å²) in [6.45, 7) is 6.39. The first-order chi connectivity index (χ1) is 7.88. The van der Waals surface area contributed by atoms with Crippen LogP contribution in [-0.2, 0) is 12.5 Å². The van der Waals surface area contributed by atoms with Gasteiger partial charge in [0.2, 0.25) is 0 Å². The maximum atomic E-state index is 5.54. The normalized spacial score (nSPS) is 11.8. The maximum Gasteiger partial charge on any atom is 0.141 e. The van der Waals surface area contributed by atoms with Gasteiger partial charge in [0.15, 0.2) is 0 Å². The molecular weight excluding hydrogens is 214 g/mol. The van der Waals surface area contributed by atoms with Crippen LogP contribution in [-0.4, -0.2) is 19.7 Å². The first kappa shape index (κ1) is 11.6. The van der Waals surface area contributed by atoms with E-state index in [1.165, 1.54) is 0 Å². The lowest BCUT2D eigenvalue weighted by atomic mass is 9.89. The van der Waals surface area contributed by atoms with Crippen molar-refractivity contribution in [2.24, 2.45) is 7.05 Å². The fourth-order valence-electron chi connectivity index (χ4n) is 1.71. The Morgan fingerprint density at radius 3 is 2.41 bits per heavy atom. The topological polar surface area (TPSA) is 69.6 Å². The molecule has 0 unspecified atom stereocenters. The van der Waals surface area contributed by atoms with Crippen LogP contribution in [0.5, 0.6) is 0 Å². The molecule has 2 N–H and O–H groups in total. The van der Waals surface area contributed by atoms with Crippen LogP contribution < -0.4 is 5.73 Å². The number of aryl methyl sites for hydroxylation is 1. The molecule has 0 aliphatic carbocycles. The fourth-order valence-corrected chi connectivity index (χ4v) is 1.71. The second kappa shape index (κ2) is 3.84. The van der Waals surface area contributed by atoms with E-state index < -0.39 is 0 Å². The zero-order valence-electron chi connectivity index (χ0n) is 10.6. The summed E-state index contributed by atoms with van der Waals surface area (Å²) in [4.78, 5) is 8.36. The summed E-state index contributed by atoms with van der Waals surface area (Å²) in [7, 11) is 1.91. The fraction of sp³-hybridized carbons (Fsp3) is 0.417. The minimum atomic E-state index is -0.0281. The van der Waals surface area contributed by atoms with Gasteiger partial charge in [-0.15, -0.1) is 0 Å². The van der Waals surface area contributed by atoms with Gasteiger partial charge in [-0.25, -0.2) is 4.98 Å². The van der Waals surface area contributed by atoms with Crippen molar-refractivity contribution in [1.29, 1.82) is 0 Å². The van der Waals surface area contributed by atoms with Crippen molar-refractivity contribution in [3.05, 3.63) is 24.3 Å². The molecule has 0 saturated heterocycles. The van der Waals surface area contributed by atoms with Gasteiger partial charge in [-0.2, -0.15) is 5.10 Å². The van der Waals surface area contributed by atoms with E-state index in [1.807, 2.05) is 13.2 Å². The Morgan fingerprint density at radius 1 is 1.18 bits per heavy atom. The first-order valence-electron chi connectivity index (χ1n) is 5.50. The molecule has 0 bridgehead atoms. The number of anilines is 1. The van der Waals surface area contributed by atoms with E-state index in [0.717, 1.165) is 17.0 Å². The van der Waals surface area contributed by atoms with Crippen LogP contribution in [0.4, 0.5) is 5.82 Å². The Hall–Kier alpha value is -1.91. The van der Waals surface area contributed by atoms with E-state index in [0.29, 0.717) is 5.82 Å². The zero-order chi connectivity index (χ0) is 12.6. The highest BCUT2D eigenvalue weighted by Gasteiger charge is 2.23. The van der Waals surface area contributed by atoms with E-state index in [9.17, 15) is 0 Å². The van der Waals surface area contributed by atoms with Crippen LogP contribution in [0.25, 0.3) is 11.3 Å². The average Bonchev–Trinajstić information content (AvgIpc) is 2.61. The van der Waals surface area contributed by atoms with Crippen LogP contribution in [0.1, 0.15) is 26.5 Å². The van der Waals surface area contributed by atoms with Crippen molar-refractivity contribution in [2.45, 2.75) is 26.2 Å². The van der Waals surface area contributed by atoms with Crippen LogP contribution in [0, 0.1) is 0 Å². The van der Waals surface area contributed by atoms with Gasteiger partial charge in [0.05, 0.1) is 23.8 Å². The molecule has 0 saturated carbocycles. The third kappa shape index (κ3) is 2.27. The monoisotopic (exact) mass is 231 g/mol. The van der Waals surface area contributed by atoms with Crippen molar-refractivity contribution in [3.8, 4) is 11.3 Å². The summed E-state index contributed by atoms with van der Waals surface area (Å²) >= 11 is 0. The van der Waals surface area contributed by atoms with Crippen LogP contribution in [0.3, 0.4) is 0 Å². The molecule has 0 atom stereocenters. The van der Waals surface area contributed by atoms with Gasteiger partial charge in [0.25, 0.3) is 0 Å². The highest BCUT2D eigenvalue weighted by Crippen LogP contribution is 2.30. The Kier molecular flexibility index (Phi) is 2.61. The summed E-state index contributed by atoms with van der Waals surface area (Å²) in [6.07, 6.45) is 5.21. The Balaban J connectivity index is 2.55. The van der Waals surface area contributed by atoms with Crippen LogP contribution in [0.15, 0.2) is 18.6 Å². The first-order valence-corrected chi connectivity index (χ1v) is 5.50. The van der Waals surface area contributed by atoms with Crippen molar-refractivity contribution < 1.29 is 0 Å². The number of hydrogen-bond donors (Lipinski definition) is 1. The van der Waals surface area contributed by atoms with Gasteiger partial charge in [-0.3, -0.25) is 9.67 Å². The van der Waals surface area contributed by atoms with E-state index in [1.54, 1.807) is 17.1 Å². The number of nitrogens with zero attached hydrogens (tertiary/aromatic N) is 4. The van der Waals surface area contributed by atoms with Crippen molar-refractivity contribution in [3.63, 3.8) is 0 Å². The summed E-state index contributed by atoms with van der Waals surface area (Å²) in [5.41, 5.74) is 8.33. The molecule has 0 amide bonds. The zero-order valence-corrected chi connectivity index (χ0v) is 10.6. The number of nitrogens with two attached hydrogens (primary N) is 1. The number of nitrogen functional groups attached to an aromatic ring is 1. The summed E-state index contributed by atoms with van der Waals surface area (Å²) in [5.74, 6) is 0.426. The van der Waals surface area contributed by atoms with E-state index in [2.05, 4.69) is 35.8 Å². The molecular formula is C12H17N5. The highest BCUT2D eigenvalue weighted by molar-refractivity contribution is 5.62. The van der Waals surface area contributed by atoms with Crippen LogP contribution in [0.2, 0.25) is 0 Å². The summed E-state index contributed by atoms with van der Waals surface area (Å²) < 4.78 is 1.80. The number of hydrogen-bond acceptors (Lipinski definition) is 4. The molecule has 5 heteroatoms. The molecule has 17 heavy (non-hydrogen) atoms. The molecule has 2 aromatic rings.